The van der Waals surface area contributed by atoms with Crippen molar-refractivity contribution in [2.45, 2.75) is 25.8 Å². The average molecular weight is 415 g/mol. The minimum Gasteiger partial charge on any atom is -0.379 e. The van der Waals surface area contributed by atoms with Crippen LogP contribution in [0.15, 0.2) is 27.7 Å². The smallest absolute Gasteiger partial charge is 0.191 e. The molecule has 1 aromatic carbocycles. The molecule has 0 aromatic heterocycles. The fourth-order valence-electron chi connectivity index (χ4n) is 2.85. The van der Waals surface area contributed by atoms with Crippen molar-refractivity contribution >= 4 is 21.9 Å². The Morgan fingerprint density at radius 1 is 1.32 bits per heavy atom. The molecule has 1 aliphatic heterocycles. The highest BCUT2D eigenvalue weighted by molar-refractivity contribution is 9.10. The van der Waals surface area contributed by atoms with E-state index >= 15 is 0 Å². The lowest BCUT2D eigenvalue weighted by atomic mass is 10.0. The van der Waals surface area contributed by atoms with Crippen LogP contribution in [-0.2, 0) is 11.2 Å². The SMILES string of the molecule is CN=C(NCCc1cc(Br)ccc1F)NCC(C)(C)N1CCOCC1. The Kier molecular flexibility index (Phi) is 7.65. The molecule has 1 aromatic rings. The summed E-state index contributed by atoms with van der Waals surface area (Å²) in [5.74, 6) is 0.554. The summed E-state index contributed by atoms with van der Waals surface area (Å²) in [5, 5.41) is 6.63. The Balaban J connectivity index is 1.79. The van der Waals surface area contributed by atoms with Crippen LogP contribution in [-0.4, -0.2) is 62.8 Å². The zero-order chi connectivity index (χ0) is 18.3. The number of nitrogens with zero attached hydrogens (tertiary/aromatic N) is 2. The number of hydrogen-bond acceptors (Lipinski definition) is 3. The molecule has 2 rings (SSSR count). The van der Waals surface area contributed by atoms with E-state index in [2.05, 4.69) is 50.3 Å². The summed E-state index contributed by atoms with van der Waals surface area (Å²) < 4.78 is 20.1. The van der Waals surface area contributed by atoms with E-state index < -0.39 is 0 Å². The second-order valence-electron chi connectivity index (χ2n) is 6.75. The summed E-state index contributed by atoms with van der Waals surface area (Å²) in [6.45, 7) is 9.29. The van der Waals surface area contributed by atoms with Gasteiger partial charge in [-0.05, 0) is 44.0 Å². The molecule has 0 aliphatic carbocycles. The van der Waals surface area contributed by atoms with E-state index in [1.165, 1.54) is 6.07 Å². The fraction of sp³-hybridized carbons (Fsp3) is 0.611. The summed E-state index contributed by atoms with van der Waals surface area (Å²) in [4.78, 5) is 6.68. The number of hydrogen-bond donors (Lipinski definition) is 2. The van der Waals surface area contributed by atoms with Crippen molar-refractivity contribution in [1.29, 1.82) is 0 Å². The molecule has 0 bridgehead atoms. The number of ether oxygens (including phenoxy) is 1. The second kappa shape index (κ2) is 9.50. The lowest BCUT2D eigenvalue weighted by Gasteiger charge is -2.41. The van der Waals surface area contributed by atoms with Gasteiger partial charge in [0.05, 0.1) is 13.2 Å². The van der Waals surface area contributed by atoms with Crippen molar-refractivity contribution < 1.29 is 9.13 Å². The lowest BCUT2D eigenvalue weighted by Crippen LogP contribution is -2.56. The van der Waals surface area contributed by atoms with Gasteiger partial charge in [-0.15, -0.1) is 0 Å². The van der Waals surface area contributed by atoms with Gasteiger partial charge in [-0.2, -0.15) is 0 Å². The molecular weight excluding hydrogens is 387 g/mol. The molecule has 7 heteroatoms. The Hall–Kier alpha value is -1.18. The standard InChI is InChI=1S/C18H28BrFN4O/c1-18(2,24-8-10-25-11-9-24)13-23-17(21-3)22-7-6-14-12-15(19)4-5-16(14)20/h4-5,12H,6-11,13H2,1-3H3,(H2,21,22,23). The van der Waals surface area contributed by atoms with Crippen molar-refractivity contribution in [2.75, 3.05) is 46.4 Å². The molecule has 2 N–H and O–H groups in total. The normalized spacial score (nSPS) is 16.8. The van der Waals surface area contributed by atoms with E-state index in [9.17, 15) is 4.39 Å². The quantitative estimate of drug-likeness (QED) is 0.554. The number of aliphatic imine (C=N–C) groups is 1. The average Bonchev–Trinajstić information content (AvgIpc) is 2.61. The topological polar surface area (TPSA) is 48.9 Å². The van der Waals surface area contributed by atoms with E-state index in [0.717, 1.165) is 43.3 Å². The number of halogens is 2. The second-order valence-corrected chi connectivity index (χ2v) is 7.67. The third-order valence-electron chi connectivity index (χ3n) is 4.47. The molecular formula is C18H28BrFN4O. The lowest BCUT2D eigenvalue weighted by molar-refractivity contribution is -0.00833. The van der Waals surface area contributed by atoms with Gasteiger partial charge in [0.1, 0.15) is 5.82 Å². The van der Waals surface area contributed by atoms with Crippen molar-refractivity contribution in [3.63, 3.8) is 0 Å². The summed E-state index contributed by atoms with van der Waals surface area (Å²) in [5.41, 5.74) is 0.698. The molecule has 1 aliphatic rings. The predicted molar refractivity (Wildman–Crippen MR) is 104 cm³/mol. The van der Waals surface area contributed by atoms with E-state index in [-0.39, 0.29) is 11.4 Å². The van der Waals surface area contributed by atoms with Crippen molar-refractivity contribution in [1.82, 2.24) is 15.5 Å². The first-order chi connectivity index (χ1) is 11.9. The molecule has 0 saturated carbocycles. The van der Waals surface area contributed by atoms with Gasteiger partial charge in [0, 0.05) is 43.2 Å². The Morgan fingerprint density at radius 2 is 2.04 bits per heavy atom. The Bertz CT molecular complexity index is 588. The molecule has 0 spiro atoms. The minimum atomic E-state index is -0.179. The number of benzene rings is 1. The molecule has 0 unspecified atom stereocenters. The molecule has 5 nitrogen and oxygen atoms in total. The maximum Gasteiger partial charge on any atom is 0.191 e. The summed E-state index contributed by atoms with van der Waals surface area (Å²) >= 11 is 3.38. The molecule has 25 heavy (non-hydrogen) atoms. The number of morpholine rings is 1. The molecule has 1 fully saturated rings. The van der Waals surface area contributed by atoms with E-state index in [1.807, 2.05) is 6.07 Å². The molecule has 1 heterocycles. The van der Waals surface area contributed by atoms with Gasteiger partial charge in [0.2, 0.25) is 0 Å². The van der Waals surface area contributed by atoms with Crippen LogP contribution in [0.4, 0.5) is 4.39 Å². The molecule has 0 amide bonds. The minimum absolute atomic E-state index is 0.0117. The van der Waals surface area contributed by atoms with E-state index in [1.54, 1.807) is 13.1 Å². The molecule has 0 radical (unpaired) electrons. The van der Waals surface area contributed by atoms with Crippen LogP contribution >= 0.6 is 15.9 Å². The number of nitrogens with one attached hydrogen (secondary N) is 2. The van der Waals surface area contributed by atoms with Crippen LogP contribution in [0.25, 0.3) is 0 Å². The summed E-state index contributed by atoms with van der Waals surface area (Å²) in [6, 6.07) is 5.01. The fourth-order valence-corrected chi connectivity index (χ4v) is 3.26. The maximum atomic E-state index is 13.8. The van der Waals surface area contributed by atoms with Crippen LogP contribution in [0.2, 0.25) is 0 Å². The highest BCUT2D eigenvalue weighted by Crippen LogP contribution is 2.16. The monoisotopic (exact) mass is 414 g/mol. The van der Waals surface area contributed by atoms with E-state index in [4.69, 9.17) is 4.74 Å². The highest BCUT2D eigenvalue weighted by atomic mass is 79.9. The van der Waals surface area contributed by atoms with E-state index in [0.29, 0.717) is 18.5 Å². The van der Waals surface area contributed by atoms with Gasteiger partial charge in [-0.1, -0.05) is 15.9 Å². The first-order valence-corrected chi connectivity index (χ1v) is 9.43. The largest absolute Gasteiger partial charge is 0.379 e. The van der Waals surface area contributed by atoms with Crippen LogP contribution in [0.5, 0.6) is 0 Å². The Morgan fingerprint density at radius 3 is 2.72 bits per heavy atom. The van der Waals surface area contributed by atoms with Gasteiger partial charge in [0.15, 0.2) is 5.96 Å². The summed E-state index contributed by atoms with van der Waals surface area (Å²) in [7, 11) is 1.75. The van der Waals surface area contributed by atoms with Crippen LogP contribution in [0.3, 0.4) is 0 Å². The van der Waals surface area contributed by atoms with Gasteiger partial charge in [-0.3, -0.25) is 9.89 Å². The predicted octanol–water partition coefficient (Wildman–Crippen LogP) is 2.41. The van der Waals surface area contributed by atoms with Crippen LogP contribution < -0.4 is 10.6 Å². The van der Waals surface area contributed by atoms with Crippen molar-refractivity contribution in [3.05, 3.63) is 34.1 Å². The van der Waals surface area contributed by atoms with Gasteiger partial charge < -0.3 is 15.4 Å². The highest BCUT2D eigenvalue weighted by Gasteiger charge is 2.28. The molecule has 0 atom stereocenters. The van der Waals surface area contributed by atoms with Crippen molar-refractivity contribution in [3.8, 4) is 0 Å². The van der Waals surface area contributed by atoms with Crippen molar-refractivity contribution in [2.24, 2.45) is 4.99 Å². The summed E-state index contributed by atoms with van der Waals surface area (Å²) in [6.07, 6.45) is 0.596. The first kappa shape index (κ1) is 20.1. The van der Waals surface area contributed by atoms with Gasteiger partial charge in [0.25, 0.3) is 0 Å². The third kappa shape index (κ3) is 6.24. The number of guanidine groups is 1. The zero-order valence-electron chi connectivity index (χ0n) is 15.2. The third-order valence-corrected chi connectivity index (χ3v) is 4.97. The molecule has 140 valence electrons. The zero-order valence-corrected chi connectivity index (χ0v) is 16.8. The van der Waals surface area contributed by atoms with Crippen LogP contribution in [0, 0.1) is 5.82 Å². The van der Waals surface area contributed by atoms with Gasteiger partial charge >= 0.3 is 0 Å². The Labute approximate surface area is 158 Å². The maximum absolute atomic E-state index is 13.8. The first-order valence-electron chi connectivity index (χ1n) is 8.63. The molecule has 1 saturated heterocycles. The van der Waals surface area contributed by atoms with Crippen LogP contribution in [0.1, 0.15) is 19.4 Å². The number of rotatable bonds is 6. The van der Waals surface area contributed by atoms with Gasteiger partial charge in [-0.25, -0.2) is 4.39 Å².